The molecule has 18 heavy (non-hydrogen) atoms. The Kier molecular flexibility index (Phi) is 3.48. The number of aromatic hydroxyl groups is 1. The minimum absolute atomic E-state index is 0.0419. The third kappa shape index (κ3) is 2.43. The Balaban J connectivity index is 2.29. The molecule has 2 aromatic rings. The number of phenols is 1. The molecule has 0 bridgehead atoms. The molecule has 92 valence electrons. The monoisotopic (exact) mass is 262 g/mol. The molecule has 0 saturated heterocycles. The Morgan fingerprint density at radius 2 is 1.94 bits per heavy atom. The minimum Gasteiger partial charge on any atom is -0.506 e. The quantitative estimate of drug-likeness (QED) is 0.905. The van der Waals surface area contributed by atoms with E-state index in [0.717, 1.165) is 5.69 Å². The van der Waals surface area contributed by atoms with Crippen molar-refractivity contribution < 1.29 is 9.90 Å². The average molecular weight is 263 g/mol. The van der Waals surface area contributed by atoms with E-state index in [1.807, 2.05) is 0 Å². The number of hydrogen-bond donors (Lipinski definition) is 1. The van der Waals surface area contributed by atoms with Gasteiger partial charge >= 0.3 is 0 Å². The number of carbonyl (C=O) groups excluding carboxylic acids is 1. The van der Waals surface area contributed by atoms with Crippen LogP contribution in [0.3, 0.4) is 0 Å². The van der Waals surface area contributed by atoms with Gasteiger partial charge in [0.15, 0.2) is 0 Å². The van der Waals surface area contributed by atoms with Gasteiger partial charge in [-0.25, -0.2) is 0 Å². The van der Waals surface area contributed by atoms with Crippen molar-refractivity contribution in [3.05, 3.63) is 53.3 Å². The Hall–Kier alpha value is -2.07. The van der Waals surface area contributed by atoms with E-state index in [1.165, 1.54) is 23.1 Å². The molecule has 0 spiro atoms. The molecule has 0 aliphatic heterocycles. The fourth-order valence-corrected chi connectivity index (χ4v) is 1.70. The van der Waals surface area contributed by atoms with Crippen LogP contribution in [0.25, 0.3) is 0 Å². The fraction of sp³-hybridized carbons (Fsp3) is 0.0769. The number of rotatable bonds is 2. The lowest BCUT2D eigenvalue weighted by Gasteiger charge is -2.17. The number of amides is 1. The van der Waals surface area contributed by atoms with Crippen LogP contribution in [0.15, 0.2) is 42.7 Å². The van der Waals surface area contributed by atoms with Gasteiger partial charge in [-0.3, -0.25) is 9.78 Å². The second kappa shape index (κ2) is 5.06. The highest BCUT2D eigenvalue weighted by Gasteiger charge is 2.14. The second-order valence-electron chi connectivity index (χ2n) is 3.74. The summed E-state index contributed by atoms with van der Waals surface area (Å²) in [6.07, 6.45) is 3.23. The van der Waals surface area contributed by atoms with E-state index in [0.29, 0.717) is 5.56 Å². The number of pyridine rings is 1. The number of halogens is 1. The van der Waals surface area contributed by atoms with E-state index in [1.54, 1.807) is 31.6 Å². The minimum atomic E-state index is -0.205. The molecular formula is C13H11ClN2O2. The lowest BCUT2D eigenvalue weighted by atomic mass is 10.2. The third-order valence-corrected chi connectivity index (χ3v) is 2.85. The smallest absolute Gasteiger partial charge is 0.258 e. The number of phenolic OH excluding ortho intramolecular Hbond substituents is 1. The van der Waals surface area contributed by atoms with Gasteiger partial charge in [0.2, 0.25) is 0 Å². The van der Waals surface area contributed by atoms with Crippen molar-refractivity contribution in [1.82, 2.24) is 4.98 Å². The van der Waals surface area contributed by atoms with Crippen molar-refractivity contribution in [2.24, 2.45) is 0 Å². The standard InChI is InChI=1S/C13H11ClN2O2/c1-16(10-4-6-15-7-5-10)13(18)9-2-3-12(17)11(14)8-9/h2-8,17H,1H3. The van der Waals surface area contributed by atoms with Crippen LogP contribution in [-0.2, 0) is 0 Å². The zero-order chi connectivity index (χ0) is 13.1. The second-order valence-corrected chi connectivity index (χ2v) is 4.14. The molecule has 1 heterocycles. The summed E-state index contributed by atoms with van der Waals surface area (Å²) in [5.41, 5.74) is 1.15. The van der Waals surface area contributed by atoms with Crippen LogP contribution >= 0.6 is 11.6 Å². The third-order valence-electron chi connectivity index (χ3n) is 2.55. The highest BCUT2D eigenvalue weighted by atomic mass is 35.5. The molecule has 2 rings (SSSR count). The van der Waals surface area contributed by atoms with Gasteiger partial charge in [-0.15, -0.1) is 0 Å². The molecule has 1 amide bonds. The number of anilines is 1. The van der Waals surface area contributed by atoms with Crippen molar-refractivity contribution in [2.75, 3.05) is 11.9 Å². The number of benzene rings is 1. The molecule has 0 radical (unpaired) electrons. The maximum absolute atomic E-state index is 12.2. The SMILES string of the molecule is CN(C(=O)c1ccc(O)c(Cl)c1)c1ccncc1. The zero-order valence-corrected chi connectivity index (χ0v) is 10.4. The Bertz CT molecular complexity index is 572. The molecule has 0 unspecified atom stereocenters. The number of aromatic nitrogens is 1. The first-order valence-electron chi connectivity index (χ1n) is 5.26. The summed E-state index contributed by atoms with van der Waals surface area (Å²) in [5.74, 6) is -0.247. The van der Waals surface area contributed by atoms with Crippen molar-refractivity contribution in [1.29, 1.82) is 0 Å². The van der Waals surface area contributed by atoms with Crippen molar-refractivity contribution in [3.8, 4) is 5.75 Å². The van der Waals surface area contributed by atoms with E-state index in [2.05, 4.69) is 4.98 Å². The van der Waals surface area contributed by atoms with Gasteiger partial charge in [0.1, 0.15) is 5.75 Å². The molecule has 1 N–H and O–H groups in total. The highest BCUT2D eigenvalue weighted by molar-refractivity contribution is 6.32. The van der Waals surface area contributed by atoms with Gasteiger partial charge in [-0.1, -0.05) is 11.6 Å². The largest absolute Gasteiger partial charge is 0.506 e. The van der Waals surface area contributed by atoms with E-state index in [-0.39, 0.29) is 16.7 Å². The first-order chi connectivity index (χ1) is 8.59. The molecular weight excluding hydrogens is 252 g/mol. The topological polar surface area (TPSA) is 53.4 Å². The molecule has 1 aromatic carbocycles. The van der Waals surface area contributed by atoms with E-state index in [9.17, 15) is 9.90 Å². The molecule has 4 nitrogen and oxygen atoms in total. The van der Waals surface area contributed by atoms with E-state index >= 15 is 0 Å². The van der Waals surface area contributed by atoms with Crippen LogP contribution in [0.4, 0.5) is 5.69 Å². The summed E-state index contributed by atoms with van der Waals surface area (Å²) in [7, 11) is 1.67. The van der Waals surface area contributed by atoms with Gasteiger partial charge in [0.05, 0.1) is 5.02 Å². The first-order valence-corrected chi connectivity index (χ1v) is 5.64. The van der Waals surface area contributed by atoms with Gasteiger partial charge in [-0.2, -0.15) is 0 Å². The molecule has 0 aliphatic carbocycles. The predicted molar refractivity (Wildman–Crippen MR) is 70.1 cm³/mol. The summed E-state index contributed by atoms with van der Waals surface area (Å²) in [5, 5.41) is 9.47. The maximum atomic E-state index is 12.2. The summed E-state index contributed by atoms with van der Waals surface area (Å²) in [6.45, 7) is 0. The predicted octanol–water partition coefficient (Wildman–Crippen LogP) is 2.72. The summed E-state index contributed by atoms with van der Waals surface area (Å²) in [4.78, 5) is 17.6. The zero-order valence-electron chi connectivity index (χ0n) is 9.67. The Morgan fingerprint density at radius 3 is 2.56 bits per heavy atom. The Labute approximate surface area is 109 Å². The molecule has 5 heteroatoms. The van der Waals surface area contributed by atoms with E-state index in [4.69, 9.17) is 11.6 Å². The normalized spacial score (nSPS) is 10.1. The summed E-state index contributed by atoms with van der Waals surface area (Å²) < 4.78 is 0. The fourth-order valence-electron chi connectivity index (χ4n) is 1.52. The molecule has 0 fully saturated rings. The van der Waals surface area contributed by atoms with Crippen molar-refractivity contribution >= 4 is 23.2 Å². The van der Waals surface area contributed by atoms with E-state index < -0.39 is 0 Å². The molecule has 0 aliphatic rings. The van der Waals surface area contributed by atoms with Crippen LogP contribution in [0.2, 0.25) is 5.02 Å². The van der Waals surface area contributed by atoms with Crippen molar-refractivity contribution in [3.63, 3.8) is 0 Å². The van der Waals surface area contributed by atoms with Gasteiger partial charge < -0.3 is 10.0 Å². The van der Waals surface area contributed by atoms with Crippen LogP contribution in [0.5, 0.6) is 5.75 Å². The molecule has 0 saturated carbocycles. The average Bonchev–Trinajstić information content (AvgIpc) is 2.41. The number of carbonyl (C=O) groups is 1. The first kappa shape index (κ1) is 12.4. The number of nitrogens with zero attached hydrogens (tertiary/aromatic N) is 2. The van der Waals surface area contributed by atoms with Crippen LogP contribution in [-0.4, -0.2) is 23.0 Å². The van der Waals surface area contributed by atoms with Crippen molar-refractivity contribution in [2.45, 2.75) is 0 Å². The highest BCUT2D eigenvalue weighted by Crippen LogP contribution is 2.25. The molecule has 1 aromatic heterocycles. The van der Waals surface area contributed by atoms with Crippen LogP contribution in [0.1, 0.15) is 10.4 Å². The summed E-state index contributed by atoms with van der Waals surface area (Å²) >= 11 is 5.78. The van der Waals surface area contributed by atoms with Crippen LogP contribution in [0, 0.1) is 0 Å². The Morgan fingerprint density at radius 1 is 1.28 bits per heavy atom. The van der Waals surface area contributed by atoms with Crippen LogP contribution < -0.4 is 4.90 Å². The van der Waals surface area contributed by atoms with Gasteiger partial charge in [-0.05, 0) is 30.3 Å². The summed E-state index contributed by atoms with van der Waals surface area (Å²) in [6, 6.07) is 7.84. The maximum Gasteiger partial charge on any atom is 0.258 e. The lowest BCUT2D eigenvalue weighted by Crippen LogP contribution is -2.26. The molecule has 0 atom stereocenters. The number of hydrogen-bond acceptors (Lipinski definition) is 3. The van der Waals surface area contributed by atoms with Gasteiger partial charge in [0, 0.05) is 30.7 Å². The lowest BCUT2D eigenvalue weighted by molar-refractivity contribution is 0.0993. The van der Waals surface area contributed by atoms with Gasteiger partial charge in [0.25, 0.3) is 5.91 Å².